The molecule has 2 rings (SSSR count). The minimum absolute atomic E-state index is 0.504. The van der Waals surface area contributed by atoms with E-state index < -0.39 is 6.17 Å². The number of halogens is 1. The monoisotopic (exact) mass is 214 g/mol. The third-order valence-corrected chi connectivity index (χ3v) is 3.48. The lowest BCUT2D eigenvalue weighted by Gasteiger charge is -2.24. The van der Waals surface area contributed by atoms with E-state index in [2.05, 4.69) is 10.3 Å². The summed E-state index contributed by atoms with van der Waals surface area (Å²) < 4.78 is 12.8. The summed E-state index contributed by atoms with van der Waals surface area (Å²) >= 11 is 1.66. The Hall–Kier alpha value is -0.480. The largest absolute Gasteiger partial charge is 0.309 e. The summed E-state index contributed by atoms with van der Waals surface area (Å²) in [6.07, 6.45) is 4.72. The molecule has 0 aliphatic heterocycles. The van der Waals surface area contributed by atoms with E-state index in [4.69, 9.17) is 0 Å². The van der Waals surface area contributed by atoms with Crippen LogP contribution in [-0.2, 0) is 6.54 Å². The van der Waals surface area contributed by atoms with Gasteiger partial charge in [0.2, 0.25) is 0 Å². The SMILES string of the molecule is FC1CCC(NCc2cncs2)CC1. The molecule has 0 amide bonds. The molecule has 1 aromatic rings. The van der Waals surface area contributed by atoms with Crippen molar-refractivity contribution in [1.29, 1.82) is 0 Å². The van der Waals surface area contributed by atoms with E-state index in [9.17, 15) is 4.39 Å². The van der Waals surface area contributed by atoms with Crippen molar-refractivity contribution in [3.8, 4) is 0 Å². The van der Waals surface area contributed by atoms with Crippen LogP contribution in [0.15, 0.2) is 11.7 Å². The van der Waals surface area contributed by atoms with Crippen LogP contribution in [0.5, 0.6) is 0 Å². The molecule has 1 fully saturated rings. The van der Waals surface area contributed by atoms with Crippen LogP contribution in [0.1, 0.15) is 30.6 Å². The molecule has 1 aliphatic rings. The maximum atomic E-state index is 12.8. The van der Waals surface area contributed by atoms with Gasteiger partial charge in [0.25, 0.3) is 0 Å². The number of hydrogen-bond donors (Lipinski definition) is 1. The Labute approximate surface area is 87.6 Å². The summed E-state index contributed by atoms with van der Waals surface area (Å²) in [5.41, 5.74) is 1.84. The van der Waals surface area contributed by atoms with Crippen LogP contribution in [0.25, 0.3) is 0 Å². The van der Waals surface area contributed by atoms with Gasteiger partial charge in [-0.3, -0.25) is 4.98 Å². The van der Waals surface area contributed by atoms with E-state index in [1.54, 1.807) is 11.3 Å². The van der Waals surface area contributed by atoms with Crippen molar-refractivity contribution in [3.05, 3.63) is 16.6 Å². The molecule has 0 spiro atoms. The lowest BCUT2D eigenvalue weighted by molar-refractivity contribution is 0.219. The first-order valence-corrected chi connectivity index (χ1v) is 5.97. The number of alkyl halides is 1. The van der Waals surface area contributed by atoms with Crippen LogP contribution in [0.2, 0.25) is 0 Å². The highest BCUT2D eigenvalue weighted by atomic mass is 32.1. The maximum absolute atomic E-state index is 12.8. The zero-order valence-corrected chi connectivity index (χ0v) is 8.89. The molecule has 2 nitrogen and oxygen atoms in total. The highest BCUT2D eigenvalue weighted by molar-refractivity contribution is 7.09. The molecule has 0 bridgehead atoms. The molecule has 1 saturated carbocycles. The number of hydrogen-bond acceptors (Lipinski definition) is 3. The third-order valence-electron chi connectivity index (χ3n) is 2.71. The molecule has 0 unspecified atom stereocenters. The minimum Gasteiger partial charge on any atom is -0.309 e. The molecule has 4 heteroatoms. The highest BCUT2D eigenvalue weighted by Crippen LogP contribution is 2.21. The van der Waals surface area contributed by atoms with Crippen LogP contribution in [0.4, 0.5) is 4.39 Å². The van der Waals surface area contributed by atoms with Gasteiger partial charge in [0.05, 0.1) is 5.51 Å². The van der Waals surface area contributed by atoms with E-state index in [1.165, 1.54) is 4.88 Å². The average molecular weight is 214 g/mol. The van der Waals surface area contributed by atoms with Crippen molar-refractivity contribution in [3.63, 3.8) is 0 Å². The van der Waals surface area contributed by atoms with Crippen LogP contribution >= 0.6 is 11.3 Å². The smallest absolute Gasteiger partial charge is 0.100 e. The van der Waals surface area contributed by atoms with Gasteiger partial charge in [-0.25, -0.2) is 4.39 Å². The molecule has 1 aromatic heterocycles. The molecule has 0 atom stereocenters. The van der Waals surface area contributed by atoms with Crippen LogP contribution in [0.3, 0.4) is 0 Å². The fourth-order valence-electron chi connectivity index (χ4n) is 1.83. The summed E-state index contributed by atoms with van der Waals surface area (Å²) in [6.45, 7) is 0.881. The summed E-state index contributed by atoms with van der Waals surface area (Å²) in [5.74, 6) is 0. The Morgan fingerprint density at radius 2 is 2.21 bits per heavy atom. The lowest BCUT2D eigenvalue weighted by atomic mass is 9.94. The molecule has 0 radical (unpaired) electrons. The number of thiazole rings is 1. The quantitative estimate of drug-likeness (QED) is 0.836. The first kappa shape index (κ1) is 10.1. The number of aromatic nitrogens is 1. The second kappa shape index (κ2) is 4.84. The summed E-state index contributed by atoms with van der Waals surface area (Å²) in [5, 5.41) is 3.45. The zero-order chi connectivity index (χ0) is 9.80. The van der Waals surface area contributed by atoms with E-state index in [-0.39, 0.29) is 0 Å². The Kier molecular flexibility index (Phi) is 3.48. The van der Waals surface area contributed by atoms with E-state index in [0.29, 0.717) is 6.04 Å². The minimum atomic E-state index is -0.559. The third kappa shape index (κ3) is 2.75. The predicted molar refractivity (Wildman–Crippen MR) is 56.1 cm³/mol. The fraction of sp³-hybridized carbons (Fsp3) is 0.700. The van der Waals surface area contributed by atoms with E-state index >= 15 is 0 Å². The maximum Gasteiger partial charge on any atom is 0.100 e. The Morgan fingerprint density at radius 3 is 2.86 bits per heavy atom. The second-order valence-corrected chi connectivity index (χ2v) is 4.77. The zero-order valence-electron chi connectivity index (χ0n) is 8.08. The second-order valence-electron chi connectivity index (χ2n) is 3.80. The Balaban J connectivity index is 1.71. The number of nitrogens with zero attached hydrogens (tertiary/aromatic N) is 1. The predicted octanol–water partition coefficient (Wildman–Crippen LogP) is 2.51. The van der Waals surface area contributed by atoms with Gasteiger partial charge in [0, 0.05) is 23.7 Å². The van der Waals surface area contributed by atoms with E-state index in [0.717, 1.165) is 32.2 Å². The van der Waals surface area contributed by atoms with Gasteiger partial charge in [0.15, 0.2) is 0 Å². The fourth-order valence-corrected chi connectivity index (χ4v) is 2.38. The van der Waals surface area contributed by atoms with Gasteiger partial charge in [-0.1, -0.05) is 0 Å². The van der Waals surface area contributed by atoms with E-state index in [1.807, 2.05) is 11.7 Å². The standard InChI is InChI=1S/C10H15FN2S/c11-8-1-3-9(4-2-8)13-6-10-5-12-7-14-10/h5,7-9,13H,1-4,6H2. The number of rotatable bonds is 3. The summed E-state index contributed by atoms with van der Waals surface area (Å²) in [6, 6.07) is 0.504. The van der Waals surface area contributed by atoms with Crippen molar-refractivity contribution < 1.29 is 4.39 Å². The lowest BCUT2D eigenvalue weighted by Crippen LogP contribution is -2.32. The molecule has 1 N–H and O–H groups in total. The molecule has 0 saturated heterocycles. The first-order valence-electron chi connectivity index (χ1n) is 5.09. The van der Waals surface area contributed by atoms with Crippen molar-refractivity contribution in [2.75, 3.05) is 0 Å². The molecular formula is C10H15FN2S. The van der Waals surface area contributed by atoms with Gasteiger partial charge < -0.3 is 5.32 Å². The van der Waals surface area contributed by atoms with Gasteiger partial charge in [-0.15, -0.1) is 11.3 Å². The Bertz CT molecular complexity index is 255. The van der Waals surface area contributed by atoms with Crippen LogP contribution in [-0.4, -0.2) is 17.2 Å². The molecule has 0 aromatic carbocycles. The van der Waals surface area contributed by atoms with Gasteiger partial charge in [0.1, 0.15) is 6.17 Å². The molecule has 14 heavy (non-hydrogen) atoms. The van der Waals surface area contributed by atoms with Gasteiger partial charge in [-0.2, -0.15) is 0 Å². The molecule has 1 aliphatic carbocycles. The highest BCUT2D eigenvalue weighted by Gasteiger charge is 2.19. The summed E-state index contributed by atoms with van der Waals surface area (Å²) in [4.78, 5) is 5.27. The van der Waals surface area contributed by atoms with Crippen molar-refractivity contribution >= 4 is 11.3 Å². The molecular weight excluding hydrogens is 199 g/mol. The van der Waals surface area contributed by atoms with Crippen LogP contribution in [0, 0.1) is 0 Å². The van der Waals surface area contributed by atoms with Gasteiger partial charge in [-0.05, 0) is 25.7 Å². The summed E-state index contributed by atoms with van der Waals surface area (Å²) in [7, 11) is 0. The van der Waals surface area contributed by atoms with Crippen molar-refractivity contribution in [1.82, 2.24) is 10.3 Å². The topological polar surface area (TPSA) is 24.9 Å². The van der Waals surface area contributed by atoms with Crippen molar-refractivity contribution in [2.45, 2.75) is 44.4 Å². The first-order chi connectivity index (χ1) is 6.84. The molecule has 1 heterocycles. The normalized spacial score (nSPS) is 27.8. The Morgan fingerprint density at radius 1 is 1.43 bits per heavy atom. The molecule has 78 valence electrons. The average Bonchev–Trinajstić information content (AvgIpc) is 2.70. The number of nitrogens with one attached hydrogen (secondary N) is 1. The van der Waals surface area contributed by atoms with Gasteiger partial charge >= 0.3 is 0 Å². The van der Waals surface area contributed by atoms with Crippen LogP contribution < -0.4 is 5.32 Å². The van der Waals surface area contributed by atoms with Crippen molar-refractivity contribution in [2.24, 2.45) is 0 Å².